The smallest absolute Gasteiger partial charge is 0.205 e. The van der Waals surface area contributed by atoms with Gasteiger partial charge in [0, 0.05) is 16.8 Å². The summed E-state index contributed by atoms with van der Waals surface area (Å²) in [6.07, 6.45) is 7.97. The highest BCUT2D eigenvalue weighted by Crippen LogP contribution is 2.29. The van der Waals surface area contributed by atoms with E-state index in [0.717, 1.165) is 17.6 Å². The van der Waals surface area contributed by atoms with Crippen LogP contribution in [0.5, 0.6) is 5.75 Å². The van der Waals surface area contributed by atoms with Gasteiger partial charge in [0.25, 0.3) is 0 Å². The van der Waals surface area contributed by atoms with E-state index in [-0.39, 0.29) is 38.1 Å². The highest BCUT2D eigenvalue weighted by molar-refractivity contribution is 6.32. The van der Waals surface area contributed by atoms with Crippen molar-refractivity contribution in [2.75, 3.05) is 31.6 Å². The molecule has 3 rings (SSSR count). The quantitative estimate of drug-likeness (QED) is 0.120. The lowest BCUT2D eigenvalue weighted by atomic mass is 10.1. The van der Waals surface area contributed by atoms with Crippen molar-refractivity contribution in [1.29, 1.82) is 5.26 Å². The van der Waals surface area contributed by atoms with Gasteiger partial charge in [-0.3, -0.25) is 15.3 Å². The summed E-state index contributed by atoms with van der Waals surface area (Å²) in [5, 5.41) is 26.7. The van der Waals surface area contributed by atoms with Crippen LogP contribution in [0.1, 0.15) is 18.9 Å². The average Bonchev–Trinajstić information content (AvgIpc) is 2.94. The Balaban J connectivity index is 1.67. The minimum atomic E-state index is -0.322. The van der Waals surface area contributed by atoms with Crippen LogP contribution >= 0.6 is 11.6 Å². The molecule has 0 saturated heterocycles. The van der Waals surface area contributed by atoms with E-state index in [1.807, 2.05) is 25.1 Å². The van der Waals surface area contributed by atoms with Crippen LogP contribution in [0.2, 0.25) is 5.02 Å². The van der Waals surface area contributed by atoms with Crippen LogP contribution < -0.4 is 20.7 Å². The number of amidine groups is 1. The van der Waals surface area contributed by atoms with Gasteiger partial charge >= 0.3 is 0 Å². The van der Waals surface area contributed by atoms with E-state index in [2.05, 4.69) is 42.8 Å². The van der Waals surface area contributed by atoms with Gasteiger partial charge < -0.3 is 20.5 Å². The maximum absolute atomic E-state index is 13.4. The Bertz CT molecular complexity index is 1430. The molecule has 4 N–H and O–H groups in total. The number of nitrogens with one attached hydrogen (secondary N) is 3. The second-order valence-electron chi connectivity index (χ2n) is 8.21. The molecule has 9 nitrogen and oxygen atoms in total. The SMILES string of the molecule is CC/C=C(C#CCNC(=NCCO)NC#N)\C=C1/CN=CN=C1Nc1ccc(OCc2cccc(F)c2)c(Cl)c1. The minimum Gasteiger partial charge on any atom is -0.487 e. The minimum absolute atomic E-state index is 0.123. The third-order valence-corrected chi connectivity index (χ3v) is 5.48. The zero-order valence-corrected chi connectivity index (χ0v) is 22.7. The van der Waals surface area contributed by atoms with E-state index in [9.17, 15) is 4.39 Å². The number of hydrogen-bond donors (Lipinski definition) is 4. The molecule has 0 bridgehead atoms. The zero-order chi connectivity index (χ0) is 28.6. The molecule has 1 aliphatic rings. The third-order valence-electron chi connectivity index (χ3n) is 5.19. The Morgan fingerprint density at radius 3 is 2.92 bits per heavy atom. The van der Waals surface area contributed by atoms with Crippen LogP contribution in [0.4, 0.5) is 10.1 Å². The van der Waals surface area contributed by atoms with Crippen LogP contribution in [-0.2, 0) is 6.61 Å². The van der Waals surface area contributed by atoms with E-state index in [4.69, 9.17) is 26.7 Å². The first-order valence-corrected chi connectivity index (χ1v) is 12.8. The Morgan fingerprint density at radius 2 is 2.17 bits per heavy atom. The molecule has 11 heteroatoms. The molecule has 0 aromatic heterocycles. The molecule has 0 radical (unpaired) electrons. The lowest BCUT2D eigenvalue weighted by Gasteiger charge is -2.15. The number of rotatable bonds is 9. The number of anilines is 1. The first-order valence-electron chi connectivity index (χ1n) is 12.5. The van der Waals surface area contributed by atoms with Crippen LogP contribution in [0.3, 0.4) is 0 Å². The number of benzene rings is 2. The second-order valence-corrected chi connectivity index (χ2v) is 8.61. The Hall–Kier alpha value is -4.64. The summed E-state index contributed by atoms with van der Waals surface area (Å²) in [5.41, 5.74) is 3.03. The molecule has 0 atom stereocenters. The van der Waals surface area contributed by atoms with Gasteiger partial charge in [-0.25, -0.2) is 9.38 Å². The van der Waals surface area contributed by atoms with Crippen molar-refractivity contribution < 1.29 is 14.2 Å². The van der Waals surface area contributed by atoms with Gasteiger partial charge in [-0.05, 0) is 48.4 Å². The lowest BCUT2D eigenvalue weighted by Crippen LogP contribution is -2.35. The van der Waals surface area contributed by atoms with Crippen molar-refractivity contribution in [3.63, 3.8) is 0 Å². The Labute approximate surface area is 237 Å². The fraction of sp³-hybridized carbons (Fsp3) is 0.241. The topological polar surface area (TPSA) is 126 Å². The molecule has 0 unspecified atom stereocenters. The van der Waals surface area contributed by atoms with E-state index in [0.29, 0.717) is 34.4 Å². The van der Waals surface area contributed by atoms with Crippen LogP contribution in [-0.4, -0.2) is 49.5 Å². The first kappa shape index (κ1) is 29.9. The predicted molar refractivity (Wildman–Crippen MR) is 157 cm³/mol. The number of allylic oxidation sites excluding steroid dienone is 3. The third kappa shape index (κ3) is 9.91. The summed E-state index contributed by atoms with van der Waals surface area (Å²) < 4.78 is 19.2. The molecule has 0 amide bonds. The molecular formula is C29H29ClFN7O2. The summed E-state index contributed by atoms with van der Waals surface area (Å²) in [4.78, 5) is 12.7. The number of halogens is 2. The molecule has 2 aromatic carbocycles. The summed E-state index contributed by atoms with van der Waals surface area (Å²) in [6, 6.07) is 11.5. The van der Waals surface area contributed by atoms with Crippen molar-refractivity contribution in [2.24, 2.45) is 15.0 Å². The molecule has 0 fully saturated rings. The van der Waals surface area contributed by atoms with Gasteiger partial charge in [0.1, 0.15) is 30.3 Å². The average molecular weight is 562 g/mol. The fourth-order valence-corrected chi connectivity index (χ4v) is 3.66. The number of aliphatic imine (C=N–C) groups is 3. The van der Waals surface area contributed by atoms with Crippen molar-refractivity contribution >= 4 is 35.4 Å². The molecule has 40 heavy (non-hydrogen) atoms. The predicted octanol–water partition coefficient (Wildman–Crippen LogP) is 4.19. The number of aliphatic hydroxyl groups excluding tert-OH is 1. The number of aliphatic hydroxyl groups is 1. The lowest BCUT2D eigenvalue weighted by molar-refractivity contribution is 0.306. The first-order chi connectivity index (χ1) is 19.5. The largest absolute Gasteiger partial charge is 0.487 e. The Kier molecular flexibility index (Phi) is 12.2. The molecule has 1 heterocycles. The number of nitrogens with zero attached hydrogens (tertiary/aromatic N) is 4. The standard InChI is InChI=1S/C29H29ClFN7O2/c1-2-5-21(7-4-11-34-29(36-19-32)35-12-13-39)14-23-17-33-20-37-28(23)38-25-9-10-27(26(30)16-25)40-18-22-6-3-8-24(31)15-22/h3,5-6,8-10,14-16,20,39H,2,11-13,17-18H2,1H3,(H,33,37,38)(H2,34,35,36)/b21-5-,23-14+. The van der Waals surface area contributed by atoms with Gasteiger partial charge in [0.15, 0.2) is 6.19 Å². The van der Waals surface area contributed by atoms with Gasteiger partial charge in [-0.2, -0.15) is 5.26 Å². The fourth-order valence-electron chi connectivity index (χ4n) is 3.42. The van der Waals surface area contributed by atoms with E-state index in [1.54, 1.807) is 30.5 Å². The maximum atomic E-state index is 13.4. The molecule has 206 valence electrons. The zero-order valence-electron chi connectivity index (χ0n) is 21.9. The number of hydrogen-bond acceptors (Lipinski definition) is 7. The summed E-state index contributed by atoms with van der Waals surface area (Å²) in [6.45, 7) is 2.91. The van der Waals surface area contributed by atoms with Crippen molar-refractivity contribution in [3.8, 4) is 23.8 Å². The van der Waals surface area contributed by atoms with E-state index in [1.165, 1.54) is 18.5 Å². The number of guanidine groups is 1. The van der Waals surface area contributed by atoms with Gasteiger partial charge in [-0.1, -0.05) is 48.6 Å². The number of nitriles is 1. The highest BCUT2D eigenvalue weighted by Gasteiger charge is 2.12. The molecule has 2 aromatic rings. The highest BCUT2D eigenvalue weighted by atomic mass is 35.5. The molecule has 1 aliphatic heterocycles. The van der Waals surface area contributed by atoms with Crippen molar-refractivity contribution in [1.82, 2.24) is 10.6 Å². The van der Waals surface area contributed by atoms with Gasteiger partial charge in [0.05, 0.1) is 31.3 Å². The van der Waals surface area contributed by atoms with Gasteiger partial charge in [0.2, 0.25) is 5.96 Å². The molecule has 0 aliphatic carbocycles. The van der Waals surface area contributed by atoms with E-state index < -0.39 is 0 Å². The van der Waals surface area contributed by atoms with Crippen LogP contribution in [0.15, 0.2) is 80.7 Å². The summed E-state index contributed by atoms with van der Waals surface area (Å²) >= 11 is 6.45. The van der Waals surface area contributed by atoms with Crippen molar-refractivity contribution in [3.05, 3.63) is 82.2 Å². The van der Waals surface area contributed by atoms with Crippen molar-refractivity contribution in [2.45, 2.75) is 20.0 Å². The monoisotopic (exact) mass is 561 g/mol. The normalized spacial score (nSPS) is 14.1. The summed E-state index contributed by atoms with van der Waals surface area (Å²) in [7, 11) is 0. The second kappa shape index (κ2) is 16.4. The van der Waals surface area contributed by atoms with Gasteiger partial charge in [-0.15, -0.1) is 0 Å². The maximum Gasteiger partial charge on any atom is 0.205 e. The van der Waals surface area contributed by atoms with Crippen LogP contribution in [0, 0.1) is 29.1 Å². The molecule has 0 spiro atoms. The molecule has 0 saturated carbocycles. The number of ether oxygens (including phenoxy) is 1. The van der Waals surface area contributed by atoms with Crippen LogP contribution in [0.25, 0.3) is 0 Å². The Morgan fingerprint density at radius 1 is 1.30 bits per heavy atom. The molecular weight excluding hydrogens is 533 g/mol. The summed E-state index contributed by atoms with van der Waals surface area (Å²) in [5.74, 6) is 7.14. The van der Waals surface area contributed by atoms with E-state index >= 15 is 0 Å².